The maximum absolute atomic E-state index is 12.9. The molecule has 0 saturated heterocycles. The van der Waals surface area contributed by atoms with Crippen molar-refractivity contribution in [2.45, 2.75) is 20.5 Å². The van der Waals surface area contributed by atoms with E-state index in [0.29, 0.717) is 33.1 Å². The van der Waals surface area contributed by atoms with Gasteiger partial charge in [-0.3, -0.25) is 4.79 Å². The Bertz CT molecular complexity index is 1480. The number of carbonyl (C=O) groups is 2. The number of amides is 1. The molecule has 0 aliphatic carbocycles. The van der Waals surface area contributed by atoms with Crippen LogP contribution >= 0.6 is 27.3 Å². The molecule has 0 radical (unpaired) electrons. The van der Waals surface area contributed by atoms with E-state index < -0.39 is 5.97 Å². The second-order valence-corrected chi connectivity index (χ2v) is 10.3. The quantitative estimate of drug-likeness (QED) is 0.147. The van der Waals surface area contributed by atoms with E-state index in [9.17, 15) is 9.59 Å². The van der Waals surface area contributed by atoms with Gasteiger partial charge in [0, 0.05) is 17.0 Å². The van der Waals surface area contributed by atoms with Crippen molar-refractivity contribution in [3.05, 3.63) is 105 Å². The number of nitrogens with one attached hydrogen (secondary N) is 1. The lowest BCUT2D eigenvalue weighted by atomic mass is 10.0. The summed E-state index contributed by atoms with van der Waals surface area (Å²) in [5.74, 6) is 0.251. The molecule has 0 aliphatic rings. The number of anilines is 1. The molecule has 0 saturated carbocycles. The fourth-order valence-corrected chi connectivity index (χ4v) is 5.37. The normalized spacial score (nSPS) is 10.9. The lowest BCUT2D eigenvalue weighted by Crippen LogP contribution is -2.12. The highest BCUT2D eigenvalue weighted by molar-refractivity contribution is 9.10. The number of thiophene rings is 1. The second-order valence-electron chi connectivity index (χ2n) is 8.57. The molecular formula is C31H28BrNO5S. The van der Waals surface area contributed by atoms with E-state index in [0.717, 1.165) is 27.8 Å². The van der Waals surface area contributed by atoms with Crippen molar-refractivity contribution in [1.82, 2.24) is 0 Å². The molecule has 1 aromatic heterocycles. The van der Waals surface area contributed by atoms with Crippen molar-refractivity contribution in [3.8, 4) is 22.6 Å². The number of ether oxygens (including phenoxy) is 3. The first kappa shape index (κ1) is 28.1. The number of rotatable bonds is 10. The molecule has 6 nitrogen and oxygen atoms in total. The predicted octanol–water partition coefficient (Wildman–Crippen LogP) is 7.90. The molecule has 39 heavy (non-hydrogen) atoms. The summed E-state index contributed by atoms with van der Waals surface area (Å²) >= 11 is 4.84. The predicted molar refractivity (Wildman–Crippen MR) is 160 cm³/mol. The first-order valence-electron chi connectivity index (χ1n) is 12.3. The van der Waals surface area contributed by atoms with Crippen molar-refractivity contribution < 1.29 is 23.8 Å². The Morgan fingerprint density at radius 3 is 2.49 bits per heavy atom. The zero-order valence-electron chi connectivity index (χ0n) is 21.8. The first-order chi connectivity index (χ1) is 18.9. The van der Waals surface area contributed by atoms with Gasteiger partial charge in [-0.25, -0.2) is 4.79 Å². The molecular weight excluding hydrogens is 578 g/mol. The van der Waals surface area contributed by atoms with Gasteiger partial charge in [-0.05, 0) is 64.7 Å². The van der Waals surface area contributed by atoms with Gasteiger partial charge >= 0.3 is 5.97 Å². The van der Waals surface area contributed by atoms with Crippen molar-refractivity contribution in [3.63, 3.8) is 0 Å². The third kappa shape index (κ3) is 7.16. The van der Waals surface area contributed by atoms with Gasteiger partial charge in [-0.15, -0.1) is 11.3 Å². The van der Waals surface area contributed by atoms with E-state index in [1.165, 1.54) is 17.4 Å². The second kappa shape index (κ2) is 13.3. The molecule has 1 N–H and O–H groups in total. The number of hydrogen-bond donors (Lipinski definition) is 1. The summed E-state index contributed by atoms with van der Waals surface area (Å²) in [6.45, 7) is 4.38. The van der Waals surface area contributed by atoms with Gasteiger partial charge in [-0.2, -0.15) is 0 Å². The van der Waals surface area contributed by atoms with E-state index >= 15 is 0 Å². The number of esters is 1. The monoisotopic (exact) mass is 605 g/mol. The van der Waals surface area contributed by atoms with Crippen LogP contribution in [0.3, 0.4) is 0 Å². The number of carbonyl (C=O) groups excluding carboxylic acids is 2. The van der Waals surface area contributed by atoms with Gasteiger partial charge in [0.2, 0.25) is 5.91 Å². The maximum Gasteiger partial charge on any atom is 0.341 e. The molecule has 0 bridgehead atoms. The van der Waals surface area contributed by atoms with Crippen molar-refractivity contribution in [1.29, 1.82) is 0 Å². The Balaban J connectivity index is 1.52. The third-order valence-electron chi connectivity index (χ3n) is 5.77. The highest BCUT2D eigenvalue weighted by atomic mass is 79.9. The maximum atomic E-state index is 12.9. The van der Waals surface area contributed by atoms with Gasteiger partial charge in [-0.1, -0.05) is 60.2 Å². The van der Waals surface area contributed by atoms with E-state index in [1.54, 1.807) is 26.2 Å². The molecule has 3 aromatic carbocycles. The summed E-state index contributed by atoms with van der Waals surface area (Å²) in [5, 5.41) is 5.13. The van der Waals surface area contributed by atoms with Crippen molar-refractivity contribution in [2.24, 2.45) is 0 Å². The average Bonchev–Trinajstić information content (AvgIpc) is 3.35. The Kier molecular flexibility index (Phi) is 9.57. The molecule has 4 rings (SSSR count). The highest BCUT2D eigenvalue weighted by Gasteiger charge is 2.22. The van der Waals surface area contributed by atoms with Crippen LogP contribution in [-0.2, 0) is 16.1 Å². The lowest BCUT2D eigenvalue weighted by Gasteiger charge is -2.13. The molecule has 200 valence electrons. The van der Waals surface area contributed by atoms with Crippen LogP contribution in [0.1, 0.15) is 34.0 Å². The van der Waals surface area contributed by atoms with Crippen LogP contribution < -0.4 is 14.8 Å². The number of methoxy groups -OCH3 is 1. The number of aryl methyl sites for hydroxylation is 1. The van der Waals surface area contributed by atoms with Crippen molar-refractivity contribution in [2.75, 3.05) is 19.0 Å². The van der Waals surface area contributed by atoms with Crippen LogP contribution in [0.2, 0.25) is 0 Å². The van der Waals surface area contributed by atoms with E-state index in [1.807, 2.05) is 73.0 Å². The van der Waals surface area contributed by atoms with Crippen molar-refractivity contribution >= 4 is 50.2 Å². The SMILES string of the molecule is CCOC(=O)c1c(-c2ccc(C)cc2)csc1NC(=O)/C=C/c1cc(Br)c(OCc2ccccc2)c(OC)c1. The van der Waals surface area contributed by atoms with Crippen LogP contribution in [0.25, 0.3) is 17.2 Å². The Morgan fingerprint density at radius 1 is 1.05 bits per heavy atom. The Morgan fingerprint density at radius 2 is 1.79 bits per heavy atom. The van der Waals surface area contributed by atoms with Crippen LogP contribution in [0, 0.1) is 6.92 Å². The zero-order valence-corrected chi connectivity index (χ0v) is 24.2. The topological polar surface area (TPSA) is 73.9 Å². The van der Waals surface area contributed by atoms with Crippen LogP contribution in [-0.4, -0.2) is 25.6 Å². The Hall–Kier alpha value is -3.88. The summed E-state index contributed by atoms with van der Waals surface area (Å²) in [6.07, 6.45) is 3.08. The molecule has 8 heteroatoms. The minimum Gasteiger partial charge on any atom is -0.493 e. The molecule has 1 heterocycles. The molecule has 0 fully saturated rings. The number of halogens is 1. The fourth-order valence-electron chi connectivity index (χ4n) is 3.83. The summed E-state index contributed by atoms with van der Waals surface area (Å²) < 4.78 is 17.5. The number of benzene rings is 3. The highest BCUT2D eigenvalue weighted by Crippen LogP contribution is 2.38. The summed E-state index contributed by atoms with van der Waals surface area (Å²) in [5.41, 5.74) is 4.83. The summed E-state index contributed by atoms with van der Waals surface area (Å²) in [6, 6.07) is 21.3. The smallest absolute Gasteiger partial charge is 0.341 e. The van der Waals surface area contributed by atoms with E-state index in [-0.39, 0.29) is 12.5 Å². The first-order valence-corrected chi connectivity index (χ1v) is 14.0. The summed E-state index contributed by atoms with van der Waals surface area (Å²) in [7, 11) is 1.57. The lowest BCUT2D eigenvalue weighted by molar-refractivity contribution is -0.111. The largest absolute Gasteiger partial charge is 0.493 e. The Labute approximate surface area is 240 Å². The van der Waals surface area contributed by atoms with Gasteiger partial charge in [0.05, 0.1) is 18.2 Å². The van der Waals surface area contributed by atoms with E-state index in [2.05, 4.69) is 21.2 Å². The van der Waals surface area contributed by atoms with E-state index in [4.69, 9.17) is 14.2 Å². The minimum atomic E-state index is -0.478. The van der Waals surface area contributed by atoms with Crippen LogP contribution in [0.4, 0.5) is 5.00 Å². The molecule has 1 amide bonds. The standard InChI is InChI=1S/C31H28BrNO5S/c1-4-37-31(35)28-24(23-13-10-20(2)11-14-23)19-39-30(28)33-27(34)15-12-22-16-25(32)29(26(17-22)36-3)38-18-21-8-6-5-7-9-21/h5-17,19H,4,18H2,1-3H3,(H,33,34)/b15-12+. The molecule has 0 spiro atoms. The van der Waals surface area contributed by atoms with Crippen LogP contribution in [0.15, 0.2) is 82.7 Å². The average molecular weight is 607 g/mol. The fraction of sp³-hybridized carbons (Fsp3) is 0.161. The molecule has 0 aliphatic heterocycles. The number of hydrogen-bond acceptors (Lipinski definition) is 6. The van der Waals surface area contributed by atoms with Gasteiger partial charge < -0.3 is 19.5 Å². The summed E-state index contributed by atoms with van der Waals surface area (Å²) in [4.78, 5) is 25.7. The van der Waals surface area contributed by atoms with Gasteiger partial charge in [0.15, 0.2) is 11.5 Å². The van der Waals surface area contributed by atoms with Crippen LogP contribution in [0.5, 0.6) is 11.5 Å². The van der Waals surface area contributed by atoms with Gasteiger partial charge in [0.1, 0.15) is 17.2 Å². The zero-order chi connectivity index (χ0) is 27.8. The molecule has 0 unspecified atom stereocenters. The molecule has 4 aromatic rings. The minimum absolute atomic E-state index is 0.233. The molecule has 0 atom stereocenters. The van der Waals surface area contributed by atoms with Gasteiger partial charge in [0.25, 0.3) is 0 Å². The third-order valence-corrected chi connectivity index (χ3v) is 7.26.